The molecule has 0 fully saturated rings. The smallest absolute Gasteiger partial charge is 0.226 e. The zero-order valence-corrected chi connectivity index (χ0v) is 11.8. The van der Waals surface area contributed by atoms with Crippen LogP contribution in [0.2, 0.25) is 0 Å². The van der Waals surface area contributed by atoms with Gasteiger partial charge in [0.1, 0.15) is 5.82 Å². The van der Waals surface area contributed by atoms with E-state index in [1.807, 2.05) is 0 Å². The summed E-state index contributed by atoms with van der Waals surface area (Å²) in [5.74, 6) is -0.223. The molecule has 0 saturated carbocycles. The normalized spacial score (nSPS) is 10.6. The molecular weight excluding hydrogens is 275 g/mol. The van der Waals surface area contributed by atoms with Gasteiger partial charge in [-0.3, -0.25) is 4.79 Å². The highest BCUT2D eigenvalue weighted by atomic mass is 19.1. The molecule has 0 unspecified atom stereocenters. The highest BCUT2D eigenvalue weighted by Gasteiger charge is 2.12. The second kappa shape index (κ2) is 7.54. The number of nitrogens with one attached hydrogen (secondary N) is 1. The zero-order chi connectivity index (χ0) is 15.1. The molecule has 2 aromatic rings. The van der Waals surface area contributed by atoms with Crippen molar-refractivity contribution >= 4 is 5.91 Å². The molecule has 0 spiro atoms. The molecule has 0 radical (unpaired) electrons. The fourth-order valence-corrected chi connectivity index (χ4v) is 1.85. The minimum Gasteiger partial charge on any atom is -0.385 e. The molecule has 112 valence electrons. The third kappa shape index (κ3) is 4.39. The van der Waals surface area contributed by atoms with Crippen LogP contribution in [0.25, 0.3) is 11.3 Å². The number of methoxy groups -OCH3 is 1. The average Bonchev–Trinajstić information content (AvgIpc) is 2.92. The summed E-state index contributed by atoms with van der Waals surface area (Å²) in [6.45, 7) is 1.15. The van der Waals surface area contributed by atoms with Crippen LogP contribution in [-0.2, 0) is 16.0 Å². The summed E-state index contributed by atoms with van der Waals surface area (Å²) in [5, 5.41) is 6.54. The third-order valence-electron chi connectivity index (χ3n) is 2.89. The van der Waals surface area contributed by atoms with Crippen molar-refractivity contribution in [2.24, 2.45) is 0 Å². The van der Waals surface area contributed by atoms with Crippen molar-refractivity contribution in [3.05, 3.63) is 41.8 Å². The first-order valence-electron chi connectivity index (χ1n) is 6.67. The topological polar surface area (TPSA) is 64.4 Å². The Morgan fingerprint density at radius 3 is 3.00 bits per heavy atom. The van der Waals surface area contributed by atoms with Crippen molar-refractivity contribution in [1.29, 1.82) is 0 Å². The summed E-state index contributed by atoms with van der Waals surface area (Å²) in [4.78, 5) is 11.7. The van der Waals surface area contributed by atoms with E-state index in [2.05, 4.69) is 10.5 Å². The van der Waals surface area contributed by atoms with Gasteiger partial charge in [0.15, 0.2) is 5.76 Å². The number of carbonyl (C=O) groups is 1. The molecular formula is C15H17FN2O3. The summed E-state index contributed by atoms with van der Waals surface area (Å²) in [6.07, 6.45) is 0.854. The molecule has 0 bridgehead atoms. The predicted molar refractivity (Wildman–Crippen MR) is 75.1 cm³/mol. The minimum atomic E-state index is -0.385. The number of rotatable bonds is 7. The third-order valence-corrected chi connectivity index (χ3v) is 2.89. The van der Waals surface area contributed by atoms with Gasteiger partial charge < -0.3 is 14.6 Å². The molecule has 1 aromatic heterocycles. The molecule has 0 aliphatic carbocycles. The lowest BCUT2D eigenvalue weighted by Crippen LogP contribution is -2.26. The van der Waals surface area contributed by atoms with Crippen LogP contribution in [0.4, 0.5) is 4.39 Å². The van der Waals surface area contributed by atoms with Gasteiger partial charge in [-0.1, -0.05) is 17.3 Å². The summed E-state index contributed by atoms with van der Waals surface area (Å²) < 4.78 is 23.6. The van der Waals surface area contributed by atoms with Gasteiger partial charge in [0.2, 0.25) is 5.91 Å². The molecule has 0 atom stereocenters. The van der Waals surface area contributed by atoms with E-state index in [1.165, 1.54) is 6.07 Å². The number of halogens is 1. The van der Waals surface area contributed by atoms with Gasteiger partial charge >= 0.3 is 0 Å². The minimum absolute atomic E-state index is 0.102. The maximum Gasteiger partial charge on any atom is 0.226 e. The molecule has 1 aromatic carbocycles. The molecule has 0 saturated heterocycles. The van der Waals surface area contributed by atoms with E-state index >= 15 is 0 Å². The molecule has 0 aliphatic rings. The van der Waals surface area contributed by atoms with Crippen LogP contribution in [0.3, 0.4) is 0 Å². The quantitative estimate of drug-likeness (QED) is 0.794. The van der Waals surface area contributed by atoms with Crippen molar-refractivity contribution in [2.75, 3.05) is 20.3 Å². The number of benzene rings is 1. The van der Waals surface area contributed by atoms with Crippen LogP contribution >= 0.6 is 0 Å². The Bertz CT molecular complexity index is 598. The number of hydrogen-bond acceptors (Lipinski definition) is 4. The van der Waals surface area contributed by atoms with E-state index in [-0.39, 0.29) is 18.1 Å². The SMILES string of the molecule is COCCCNC(=O)Cc1cc(-c2ccccc2F)on1. The molecule has 21 heavy (non-hydrogen) atoms. The van der Waals surface area contributed by atoms with Crippen molar-refractivity contribution in [3.63, 3.8) is 0 Å². The van der Waals surface area contributed by atoms with E-state index < -0.39 is 0 Å². The van der Waals surface area contributed by atoms with Crippen LogP contribution < -0.4 is 5.32 Å². The van der Waals surface area contributed by atoms with Gasteiger partial charge in [0.05, 0.1) is 17.7 Å². The molecule has 1 N–H and O–H groups in total. The van der Waals surface area contributed by atoms with E-state index in [0.29, 0.717) is 30.2 Å². The standard InChI is InChI=1S/C15H17FN2O3/c1-20-8-4-7-17-15(19)10-11-9-14(21-18-11)12-5-2-3-6-13(12)16/h2-3,5-6,9H,4,7-8,10H2,1H3,(H,17,19). The van der Waals surface area contributed by atoms with Gasteiger partial charge in [0, 0.05) is 26.3 Å². The number of aromatic nitrogens is 1. The fraction of sp³-hybridized carbons (Fsp3) is 0.333. The van der Waals surface area contributed by atoms with Crippen molar-refractivity contribution in [1.82, 2.24) is 10.5 Å². The highest BCUT2D eigenvalue weighted by molar-refractivity contribution is 5.78. The highest BCUT2D eigenvalue weighted by Crippen LogP contribution is 2.23. The maximum atomic E-state index is 13.6. The van der Waals surface area contributed by atoms with Crippen molar-refractivity contribution < 1.29 is 18.4 Å². The molecule has 6 heteroatoms. The van der Waals surface area contributed by atoms with Gasteiger partial charge in [0.25, 0.3) is 0 Å². The lowest BCUT2D eigenvalue weighted by atomic mass is 10.1. The number of hydrogen-bond donors (Lipinski definition) is 1. The Morgan fingerprint density at radius 1 is 1.43 bits per heavy atom. The maximum absolute atomic E-state index is 13.6. The summed E-state index contributed by atoms with van der Waals surface area (Å²) >= 11 is 0. The van der Waals surface area contributed by atoms with Gasteiger partial charge in [-0.05, 0) is 18.6 Å². The lowest BCUT2D eigenvalue weighted by molar-refractivity contribution is -0.120. The first-order chi connectivity index (χ1) is 10.2. The van der Waals surface area contributed by atoms with Crippen LogP contribution in [0.15, 0.2) is 34.9 Å². The van der Waals surface area contributed by atoms with Crippen LogP contribution in [0.5, 0.6) is 0 Å². The predicted octanol–water partition coefficient (Wildman–Crippen LogP) is 2.18. The summed E-state index contributed by atoms with van der Waals surface area (Å²) in [5.41, 5.74) is 0.800. The molecule has 2 rings (SSSR count). The van der Waals surface area contributed by atoms with E-state index in [1.54, 1.807) is 31.4 Å². The molecule has 1 heterocycles. The van der Waals surface area contributed by atoms with Gasteiger partial charge in [-0.15, -0.1) is 0 Å². The van der Waals surface area contributed by atoms with Crippen LogP contribution in [0.1, 0.15) is 12.1 Å². The van der Waals surface area contributed by atoms with E-state index in [0.717, 1.165) is 6.42 Å². The fourth-order valence-electron chi connectivity index (χ4n) is 1.85. The van der Waals surface area contributed by atoms with E-state index in [4.69, 9.17) is 9.26 Å². The summed E-state index contributed by atoms with van der Waals surface area (Å²) in [6, 6.07) is 7.84. The van der Waals surface area contributed by atoms with Gasteiger partial charge in [-0.25, -0.2) is 4.39 Å². The van der Waals surface area contributed by atoms with Crippen LogP contribution in [0, 0.1) is 5.82 Å². The Morgan fingerprint density at radius 2 is 2.24 bits per heavy atom. The zero-order valence-electron chi connectivity index (χ0n) is 11.8. The number of carbonyl (C=O) groups excluding carboxylic acids is 1. The molecule has 5 nitrogen and oxygen atoms in total. The Balaban J connectivity index is 1.91. The first-order valence-corrected chi connectivity index (χ1v) is 6.67. The molecule has 1 amide bonds. The van der Waals surface area contributed by atoms with Crippen molar-refractivity contribution in [2.45, 2.75) is 12.8 Å². The van der Waals surface area contributed by atoms with Crippen LogP contribution in [-0.4, -0.2) is 31.3 Å². The second-order valence-corrected chi connectivity index (χ2v) is 4.54. The number of amides is 1. The van der Waals surface area contributed by atoms with Crippen molar-refractivity contribution in [3.8, 4) is 11.3 Å². The Hall–Kier alpha value is -2.21. The van der Waals surface area contributed by atoms with Gasteiger partial charge in [-0.2, -0.15) is 0 Å². The number of nitrogens with zero attached hydrogens (tertiary/aromatic N) is 1. The Labute approximate surface area is 122 Å². The average molecular weight is 292 g/mol. The largest absolute Gasteiger partial charge is 0.385 e. The monoisotopic (exact) mass is 292 g/mol. The Kier molecular flexibility index (Phi) is 5.45. The lowest BCUT2D eigenvalue weighted by Gasteiger charge is -2.02. The molecule has 0 aliphatic heterocycles. The second-order valence-electron chi connectivity index (χ2n) is 4.54. The number of ether oxygens (including phenoxy) is 1. The van der Waals surface area contributed by atoms with E-state index in [9.17, 15) is 9.18 Å². The first kappa shape index (κ1) is 15.2. The summed E-state index contributed by atoms with van der Waals surface area (Å²) in [7, 11) is 1.61.